The molecule has 1 aliphatic carbocycles. The predicted octanol–water partition coefficient (Wildman–Crippen LogP) is 2.66. The van der Waals surface area contributed by atoms with E-state index in [1.165, 1.54) is 25.3 Å². The van der Waals surface area contributed by atoms with E-state index in [0.29, 0.717) is 5.75 Å². The number of fused-ring (bicyclic) bond motifs is 1. The van der Waals surface area contributed by atoms with E-state index in [4.69, 9.17) is 4.74 Å². The normalized spacial score (nSPS) is 20.7. The smallest absolute Gasteiger partial charge is 0.410 e. The minimum absolute atomic E-state index is 0.127. The van der Waals surface area contributed by atoms with Crippen molar-refractivity contribution in [2.24, 2.45) is 5.92 Å². The first-order chi connectivity index (χ1) is 14.3. The molecule has 4 rings (SSSR count). The van der Waals surface area contributed by atoms with Crippen LogP contribution in [-0.4, -0.2) is 40.9 Å². The first kappa shape index (κ1) is 20.0. The highest BCUT2D eigenvalue weighted by molar-refractivity contribution is 5.98. The summed E-state index contributed by atoms with van der Waals surface area (Å²) in [5.74, 6) is -0.485. The molecule has 2 atom stereocenters. The minimum Gasteiger partial charge on any atom is -0.497 e. The Labute approximate surface area is 169 Å². The second-order valence-electron chi connectivity index (χ2n) is 7.38. The highest BCUT2D eigenvalue weighted by Gasteiger charge is 2.49. The van der Waals surface area contributed by atoms with E-state index in [2.05, 4.69) is 21.3 Å². The molecule has 0 saturated heterocycles. The maximum Gasteiger partial charge on any atom is 0.410 e. The van der Waals surface area contributed by atoms with Crippen LogP contribution in [-0.2, 0) is 0 Å². The maximum atomic E-state index is 13.5. The summed E-state index contributed by atoms with van der Waals surface area (Å²) in [5.41, 5.74) is 4.45. The number of aromatic nitrogens is 2. The van der Waals surface area contributed by atoms with Crippen LogP contribution in [0.25, 0.3) is 0 Å². The molecule has 11 heteroatoms. The van der Waals surface area contributed by atoms with Gasteiger partial charge in [0.05, 0.1) is 7.11 Å². The molecule has 2 amide bonds. The highest BCUT2D eigenvalue weighted by atomic mass is 19.4. The zero-order valence-electron chi connectivity index (χ0n) is 16.0. The van der Waals surface area contributed by atoms with Crippen LogP contribution < -0.4 is 20.9 Å². The number of alkyl halides is 3. The molecule has 2 aromatic rings. The number of benzene rings is 1. The third-order valence-electron chi connectivity index (χ3n) is 5.28. The number of hydrazine groups is 1. The molecular formula is C19H20F3N5O3. The molecule has 1 aromatic carbocycles. The Balaban J connectivity index is 1.45. The lowest BCUT2D eigenvalue weighted by Gasteiger charge is -2.33. The summed E-state index contributed by atoms with van der Waals surface area (Å²) in [6, 6.07) is 5.35. The fourth-order valence-corrected chi connectivity index (χ4v) is 3.51. The van der Waals surface area contributed by atoms with Gasteiger partial charge in [-0.05, 0) is 49.4 Å². The number of halogens is 3. The van der Waals surface area contributed by atoms with Gasteiger partial charge in [-0.15, -0.1) is 0 Å². The number of methoxy groups -OCH3 is 1. The van der Waals surface area contributed by atoms with Crippen molar-refractivity contribution < 1.29 is 27.5 Å². The van der Waals surface area contributed by atoms with Crippen LogP contribution in [0.15, 0.2) is 30.3 Å². The zero-order valence-corrected chi connectivity index (χ0v) is 16.0. The number of nitrogens with one attached hydrogen (secondary N) is 3. The number of carbonyl (C=O) groups excluding carboxylic acids is 2. The Morgan fingerprint density at radius 1 is 1.17 bits per heavy atom. The fourth-order valence-electron chi connectivity index (χ4n) is 3.51. The van der Waals surface area contributed by atoms with Gasteiger partial charge in [-0.3, -0.25) is 20.4 Å². The second-order valence-corrected chi connectivity index (χ2v) is 7.38. The number of carbonyl (C=O) groups is 2. The quantitative estimate of drug-likeness (QED) is 0.657. The van der Waals surface area contributed by atoms with Gasteiger partial charge in [-0.2, -0.15) is 18.3 Å². The standard InChI is InChI=1S/C19H20F3N5O3/c1-30-12-6-4-11(5-7-12)17(28)24-25-18(29)14-9-16-23-13(10-2-3-10)8-15(19(20,21)22)27(16)26-14/h4-7,9-10,13,15,23H,2-3,8H2,1H3,(H,24,28)(H,25,29). The minimum atomic E-state index is -4.48. The van der Waals surface area contributed by atoms with Crippen LogP contribution in [0.5, 0.6) is 5.75 Å². The van der Waals surface area contributed by atoms with Crippen LogP contribution in [0.2, 0.25) is 0 Å². The molecule has 0 radical (unpaired) electrons. The van der Waals surface area contributed by atoms with E-state index in [0.717, 1.165) is 17.5 Å². The molecule has 0 spiro atoms. The van der Waals surface area contributed by atoms with Crippen molar-refractivity contribution in [2.75, 3.05) is 12.4 Å². The number of amides is 2. The molecule has 1 saturated carbocycles. The lowest BCUT2D eigenvalue weighted by molar-refractivity contribution is -0.174. The largest absolute Gasteiger partial charge is 0.497 e. The predicted molar refractivity (Wildman–Crippen MR) is 100.0 cm³/mol. The lowest BCUT2D eigenvalue weighted by Crippen LogP contribution is -2.42. The summed E-state index contributed by atoms with van der Waals surface area (Å²) in [6.45, 7) is 0. The SMILES string of the molecule is COc1ccc(C(=O)NNC(=O)c2cc3n(n2)C(C(F)(F)F)CC(C2CC2)N3)cc1. The Morgan fingerprint density at radius 3 is 2.43 bits per heavy atom. The van der Waals surface area contributed by atoms with Gasteiger partial charge in [0.15, 0.2) is 11.7 Å². The van der Waals surface area contributed by atoms with Gasteiger partial charge in [0.1, 0.15) is 11.6 Å². The molecule has 3 N–H and O–H groups in total. The van der Waals surface area contributed by atoms with E-state index in [1.54, 1.807) is 12.1 Å². The number of hydrogen-bond donors (Lipinski definition) is 3. The van der Waals surface area contributed by atoms with Crippen LogP contribution in [0.1, 0.15) is 46.2 Å². The Hall–Kier alpha value is -3.24. The van der Waals surface area contributed by atoms with Crippen molar-refractivity contribution in [3.05, 3.63) is 41.6 Å². The van der Waals surface area contributed by atoms with Gasteiger partial charge in [0.2, 0.25) is 0 Å². The van der Waals surface area contributed by atoms with E-state index >= 15 is 0 Å². The molecule has 30 heavy (non-hydrogen) atoms. The third kappa shape index (κ3) is 4.05. The van der Waals surface area contributed by atoms with Crippen molar-refractivity contribution in [1.82, 2.24) is 20.6 Å². The summed E-state index contributed by atoms with van der Waals surface area (Å²) in [4.78, 5) is 24.5. The molecule has 1 aliphatic heterocycles. The Morgan fingerprint density at radius 2 is 1.83 bits per heavy atom. The number of hydrogen-bond acceptors (Lipinski definition) is 5. The molecule has 2 heterocycles. The molecule has 0 bridgehead atoms. The van der Waals surface area contributed by atoms with Crippen LogP contribution in [0.3, 0.4) is 0 Å². The van der Waals surface area contributed by atoms with Crippen LogP contribution in [0, 0.1) is 5.92 Å². The van der Waals surface area contributed by atoms with Gasteiger partial charge in [-0.1, -0.05) is 0 Å². The average molecular weight is 423 g/mol. The Bertz CT molecular complexity index is 953. The van der Waals surface area contributed by atoms with E-state index in [9.17, 15) is 22.8 Å². The van der Waals surface area contributed by atoms with Gasteiger partial charge in [0.25, 0.3) is 11.8 Å². The molecule has 1 fully saturated rings. The van der Waals surface area contributed by atoms with Gasteiger partial charge < -0.3 is 10.1 Å². The van der Waals surface area contributed by atoms with Gasteiger partial charge in [-0.25, -0.2) is 4.68 Å². The number of nitrogens with zero attached hydrogens (tertiary/aromatic N) is 2. The fraction of sp³-hybridized carbons (Fsp3) is 0.421. The van der Waals surface area contributed by atoms with Crippen molar-refractivity contribution in [1.29, 1.82) is 0 Å². The van der Waals surface area contributed by atoms with Crippen molar-refractivity contribution in [3.63, 3.8) is 0 Å². The lowest BCUT2D eigenvalue weighted by atomic mass is 10.0. The van der Waals surface area contributed by atoms with E-state index in [1.807, 2.05) is 0 Å². The molecule has 1 aromatic heterocycles. The molecule has 2 aliphatic rings. The van der Waals surface area contributed by atoms with Gasteiger partial charge >= 0.3 is 6.18 Å². The monoisotopic (exact) mass is 423 g/mol. The van der Waals surface area contributed by atoms with E-state index in [-0.39, 0.29) is 35.5 Å². The first-order valence-electron chi connectivity index (χ1n) is 9.44. The topological polar surface area (TPSA) is 97.3 Å². The summed E-state index contributed by atoms with van der Waals surface area (Å²) in [5, 5.41) is 6.90. The zero-order chi connectivity index (χ0) is 21.5. The van der Waals surface area contributed by atoms with E-state index < -0.39 is 24.0 Å². The summed E-state index contributed by atoms with van der Waals surface area (Å²) in [7, 11) is 1.49. The molecular weight excluding hydrogens is 403 g/mol. The average Bonchev–Trinajstić information content (AvgIpc) is 3.49. The number of rotatable bonds is 4. The van der Waals surface area contributed by atoms with Crippen LogP contribution >= 0.6 is 0 Å². The highest BCUT2D eigenvalue weighted by Crippen LogP contribution is 2.45. The van der Waals surface area contributed by atoms with Gasteiger partial charge in [0, 0.05) is 17.7 Å². The molecule has 8 nitrogen and oxygen atoms in total. The maximum absolute atomic E-state index is 13.5. The summed E-state index contributed by atoms with van der Waals surface area (Å²) < 4.78 is 46.4. The number of ether oxygens (including phenoxy) is 1. The third-order valence-corrected chi connectivity index (χ3v) is 5.28. The summed E-state index contributed by atoms with van der Waals surface area (Å²) >= 11 is 0. The Kier molecular flexibility index (Phi) is 5.04. The second kappa shape index (κ2) is 7.54. The van der Waals surface area contributed by atoms with Crippen molar-refractivity contribution in [2.45, 2.75) is 37.5 Å². The first-order valence-corrected chi connectivity index (χ1v) is 9.44. The number of anilines is 1. The molecule has 2 unspecified atom stereocenters. The summed E-state index contributed by atoms with van der Waals surface area (Å²) in [6.07, 6.45) is -2.83. The molecule has 160 valence electrons. The van der Waals surface area contributed by atoms with Crippen molar-refractivity contribution in [3.8, 4) is 5.75 Å². The van der Waals surface area contributed by atoms with Crippen molar-refractivity contribution >= 4 is 17.6 Å². The van der Waals surface area contributed by atoms with Crippen LogP contribution in [0.4, 0.5) is 19.0 Å².